The van der Waals surface area contributed by atoms with Gasteiger partial charge in [0.05, 0.1) is 11.2 Å². The van der Waals surface area contributed by atoms with Crippen molar-refractivity contribution in [3.8, 4) is 0 Å². The zero-order chi connectivity index (χ0) is 27.8. The number of rotatable bonds is 7. The molecule has 0 saturated heterocycles. The number of amides is 1. The molecule has 210 valence electrons. The van der Waals surface area contributed by atoms with E-state index in [2.05, 4.69) is 9.44 Å². The van der Waals surface area contributed by atoms with E-state index in [1.807, 2.05) is 0 Å². The molecule has 1 aliphatic heterocycles. The van der Waals surface area contributed by atoms with Crippen molar-refractivity contribution in [1.82, 2.24) is 4.72 Å². The minimum Gasteiger partial charge on any atom is -0.307 e. The maximum absolute atomic E-state index is 13.8. The molecule has 39 heavy (non-hydrogen) atoms. The molecule has 0 atom stereocenters. The summed E-state index contributed by atoms with van der Waals surface area (Å²) in [7, 11) is -7.35. The molecule has 2 bridgehead atoms. The Morgan fingerprint density at radius 2 is 1.72 bits per heavy atom. The Balaban J connectivity index is 1.32. The zero-order valence-corrected chi connectivity index (χ0v) is 23.1. The Labute approximate surface area is 227 Å². The molecule has 8 nitrogen and oxygen atoms in total. The molecule has 0 aromatic heterocycles. The molecule has 0 radical (unpaired) electrons. The van der Waals surface area contributed by atoms with E-state index in [0.717, 1.165) is 31.1 Å². The van der Waals surface area contributed by atoms with E-state index in [4.69, 9.17) is 0 Å². The van der Waals surface area contributed by atoms with Gasteiger partial charge in [0.1, 0.15) is 0 Å². The van der Waals surface area contributed by atoms with E-state index in [-0.39, 0.29) is 22.5 Å². The molecule has 4 saturated carbocycles. The van der Waals surface area contributed by atoms with Crippen LogP contribution >= 0.6 is 0 Å². The molecule has 1 amide bonds. The second-order valence-electron chi connectivity index (χ2n) is 11.8. The quantitative estimate of drug-likeness (QED) is 0.510. The molecule has 2 aromatic carbocycles. The molecular weight excluding hydrogens is 548 g/mol. The first-order chi connectivity index (χ1) is 18.3. The molecule has 1 heterocycles. The number of hydrogen-bond donors (Lipinski definition) is 2. The van der Waals surface area contributed by atoms with E-state index in [9.17, 15) is 30.4 Å². The fourth-order valence-corrected chi connectivity index (χ4v) is 8.93. The van der Waals surface area contributed by atoms with Gasteiger partial charge in [-0.2, -0.15) is 0 Å². The van der Waals surface area contributed by atoms with Crippen LogP contribution in [0.1, 0.15) is 60.9 Å². The summed E-state index contributed by atoms with van der Waals surface area (Å²) in [5, 5.41) is 0. The fourth-order valence-electron chi connectivity index (χ4n) is 6.90. The lowest BCUT2D eigenvalue weighted by Crippen LogP contribution is -2.67. The van der Waals surface area contributed by atoms with Crippen molar-refractivity contribution in [2.75, 3.05) is 22.4 Å². The van der Waals surface area contributed by atoms with Crippen LogP contribution in [-0.2, 0) is 25.5 Å². The minimum atomic E-state index is -3.80. The SMILES string of the molecule is CS(=O)(=O)Nc1ccc2c(c1)[C@]1(CC[C@@H](C(F)F)CC1)CN2C(=O)c1cccc(S(=O)(=O)NC23CC(C2)C3)c1. The number of fused-ring (bicyclic) bond motifs is 2. The van der Waals surface area contributed by atoms with E-state index in [1.54, 1.807) is 35.2 Å². The Bertz CT molecular complexity index is 1540. The lowest BCUT2D eigenvalue weighted by atomic mass is 9.50. The molecule has 1 spiro atoms. The van der Waals surface area contributed by atoms with Gasteiger partial charge in [0.25, 0.3) is 5.91 Å². The monoisotopic (exact) mass is 579 g/mol. The Morgan fingerprint density at radius 1 is 1.03 bits per heavy atom. The number of sulfonamides is 2. The molecule has 4 aliphatic carbocycles. The number of hydrogen-bond acceptors (Lipinski definition) is 5. The second-order valence-corrected chi connectivity index (χ2v) is 15.3. The average molecular weight is 580 g/mol. The lowest BCUT2D eigenvalue weighted by molar-refractivity contribution is -0.0317. The third-order valence-electron chi connectivity index (χ3n) is 8.99. The van der Waals surface area contributed by atoms with Crippen LogP contribution in [0.2, 0.25) is 0 Å². The molecule has 7 rings (SSSR count). The second kappa shape index (κ2) is 8.97. The summed E-state index contributed by atoms with van der Waals surface area (Å²) >= 11 is 0. The predicted octanol–water partition coefficient (Wildman–Crippen LogP) is 4.24. The first kappa shape index (κ1) is 26.6. The predicted molar refractivity (Wildman–Crippen MR) is 143 cm³/mol. The van der Waals surface area contributed by atoms with E-state index >= 15 is 0 Å². The maximum atomic E-state index is 13.8. The number of benzene rings is 2. The number of nitrogens with one attached hydrogen (secondary N) is 2. The fraction of sp³-hybridized carbons (Fsp3) is 0.519. The topological polar surface area (TPSA) is 113 Å². The van der Waals surface area contributed by atoms with Gasteiger partial charge in [-0.1, -0.05) is 6.07 Å². The number of alkyl halides is 2. The van der Waals surface area contributed by atoms with Crippen molar-refractivity contribution >= 4 is 37.3 Å². The standard InChI is InChI=1S/C27H31F2N3O5S2/c1-38(34,35)30-20-5-6-23-22(12-20)26(9-7-18(8-10-26)24(28)29)16-32(23)25(33)19-3-2-4-21(11-19)39(36,37)31-27-13-17(14-27)15-27/h2-6,11-12,17-18,24,30-31H,7-10,13-16H2,1H3/t17?,18-,26+,27?. The van der Waals surface area contributed by atoms with E-state index < -0.39 is 43.7 Å². The van der Waals surface area contributed by atoms with Gasteiger partial charge >= 0.3 is 0 Å². The van der Waals surface area contributed by atoms with Crippen molar-refractivity contribution in [3.05, 3.63) is 53.6 Å². The van der Waals surface area contributed by atoms with Crippen molar-refractivity contribution in [2.45, 2.75) is 67.2 Å². The number of anilines is 2. The van der Waals surface area contributed by atoms with Crippen LogP contribution in [0.4, 0.5) is 20.2 Å². The third-order valence-corrected chi connectivity index (χ3v) is 11.2. The van der Waals surface area contributed by atoms with Crippen LogP contribution in [0.25, 0.3) is 0 Å². The third kappa shape index (κ3) is 4.74. The Morgan fingerprint density at radius 3 is 2.31 bits per heavy atom. The van der Waals surface area contributed by atoms with Gasteiger partial charge in [-0.3, -0.25) is 9.52 Å². The largest absolute Gasteiger partial charge is 0.307 e. The molecule has 0 unspecified atom stereocenters. The summed E-state index contributed by atoms with van der Waals surface area (Å²) in [5.74, 6) is -0.501. The van der Waals surface area contributed by atoms with E-state index in [0.29, 0.717) is 43.0 Å². The number of carbonyl (C=O) groups excluding carboxylic acids is 1. The zero-order valence-electron chi connectivity index (χ0n) is 21.5. The van der Waals surface area contributed by atoms with Crippen LogP contribution in [0.15, 0.2) is 47.4 Å². The summed E-state index contributed by atoms with van der Waals surface area (Å²) in [4.78, 5) is 15.4. The molecule has 4 fully saturated rings. The first-order valence-corrected chi connectivity index (χ1v) is 16.5. The minimum absolute atomic E-state index is 0.0253. The van der Waals surface area contributed by atoms with Crippen LogP contribution in [0, 0.1) is 11.8 Å². The summed E-state index contributed by atoms with van der Waals surface area (Å²) in [6, 6.07) is 10.9. The number of carbonyl (C=O) groups is 1. The van der Waals surface area contributed by atoms with Crippen molar-refractivity contribution in [3.63, 3.8) is 0 Å². The van der Waals surface area contributed by atoms with Crippen molar-refractivity contribution in [2.24, 2.45) is 11.8 Å². The van der Waals surface area contributed by atoms with Crippen molar-refractivity contribution in [1.29, 1.82) is 0 Å². The van der Waals surface area contributed by atoms with Gasteiger partial charge in [0.2, 0.25) is 26.5 Å². The average Bonchev–Trinajstić information content (AvgIpc) is 3.13. The highest BCUT2D eigenvalue weighted by Crippen LogP contribution is 2.57. The van der Waals surface area contributed by atoms with Crippen LogP contribution < -0.4 is 14.3 Å². The van der Waals surface area contributed by atoms with Crippen molar-refractivity contribution < 1.29 is 30.4 Å². The normalized spacial score (nSPS) is 29.6. The number of halogens is 2. The highest BCUT2D eigenvalue weighted by atomic mass is 32.2. The van der Waals surface area contributed by atoms with Crippen LogP contribution in [0.5, 0.6) is 0 Å². The van der Waals surface area contributed by atoms with Crippen LogP contribution in [-0.4, -0.2) is 47.5 Å². The smallest absolute Gasteiger partial charge is 0.258 e. The van der Waals surface area contributed by atoms with Gasteiger partial charge in [0, 0.05) is 40.4 Å². The maximum Gasteiger partial charge on any atom is 0.258 e. The Kier molecular flexibility index (Phi) is 6.13. The van der Waals surface area contributed by atoms with Gasteiger partial charge < -0.3 is 4.90 Å². The lowest BCUT2D eigenvalue weighted by Gasteiger charge is -2.61. The molecule has 2 aromatic rings. The summed E-state index contributed by atoms with van der Waals surface area (Å²) in [6.45, 7) is 0.249. The highest BCUT2D eigenvalue weighted by Gasteiger charge is 2.58. The van der Waals surface area contributed by atoms with E-state index in [1.165, 1.54) is 12.1 Å². The van der Waals surface area contributed by atoms with Gasteiger partial charge in [-0.25, -0.2) is 30.3 Å². The van der Waals surface area contributed by atoms with Gasteiger partial charge in [-0.15, -0.1) is 0 Å². The summed E-state index contributed by atoms with van der Waals surface area (Å²) in [6.07, 6.45) is 2.63. The molecule has 5 aliphatic rings. The summed E-state index contributed by atoms with van der Waals surface area (Å²) in [5.41, 5.74) is 0.923. The van der Waals surface area contributed by atoms with Gasteiger partial charge in [-0.05, 0) is 92.8 Å². The molecule has 12 heteroatoms. The van der Waals surface area contributed by atoms with Crippen LogP contribution in [0.3, 0.4) is 0 Å². The number of nitrogens with zero attached hydrogens (tertiary/aromatic N) is 1. The Hall–Kier alpha value is -2.57. The molecule has 2 N–H and O–H groups in total. The van der Waals surface area contributed by atoms with Gasteiger partial charge in [0.15, 0.2) is 0 Å². The highest BCUT2D eigenvalue weighted by molar-refractivity contribution is 7.92. The first-order valence-electron chi connectivity index (χ1n) is 13.1. The summed E-state index contributed by atoms with van der Waals surface area (Å²) < 4.78 is 82.0. The molecular formula is C27H31F2N3O5S2.